The van der Waals surface area contributed by atoms with Crippen molar-refractivity contribution in [3.8, 4) is 0 Å². The molecule has 2 bridgehead atoms. The third-order valence-electron chi connectivity index (χ3n) is 8.25. The van der Waals surface area contributed by atoms with Gasteiger partial charge in [-0.15, -0.1) is 0 Å². The Labute approximate surface area is 211 Å². The van der Waals surface area contributed by atoms with E-state index in [1.165, 1.54) is 12.8 Å². The summed E-state index contributed by atoms with van der Waals surface area (Å²) in [4.78, 5) is 43.5. The summed E-state index contributed by atoms with van der Waals surface area (Å²) >= 11 is 0. The smallest absolute Gasteiger partial charge is 0.270 e. The Balaban J connectivity index is 1.20. The summed E-state index contributed by atoms with van der Waals surface area (Å²) < 4.78 is 2.13. The van der Waals surface area contributed by atoms with E-state index in [2.05, 4.69) is 20.2 Å². The number of likely N-dealkylation sites (tertiary alicyclic amines) is 1. The van der Waals surface area contributed by atoms with Crippen molar-refractivity contribution in [3.05, 3.63) is 18.0 Å². The lowest BCUT2D eigenvalue weighted by Gasteiger charge is -2.34. The molecule has 2 aromatic heterocycles. The molecule has 0 aromatic carbocycles. The summed E-state index contributed by atoms with van der Waals surface area (Å²) in [7, 11) is 3.57. The molecular formula is C26H36N8O2. The lowest BCUT2D eigenvalue weighted by atomic mass is 10.0. The van der Waals surface area contributed by atoms with Crippen LogP contribution in [0.25, 0.3) is 11.0 Å². The molecule has 3 aliphatic heterocycles. The van der Waals surface area contributed by atoms with Crippen molar-refractivity contribution in [1.29, 1.82) is 0 Å². The molecule has 1 aliphatic carbocycles. The number of aliphatic imine (C=N–C) groups is 1. The van der Waals surface area contributed by atoms with E-state index in [1.807, 2.05) is 17.2 Å². The van der Waals surface area contributed by atoms with Crippen LogP contribution in [0.4, 0.5) is 5.95 Å². The van der Waals surface area contributed by atoms with Crippen LogP contribution >= 0.6 is 0 Å². The highest BCUT2D eigenvalue weighted by Gasteiger charge is 2.37. The van der Waals surface area contributed by atoms with Gasteiger partial charge in [0.05, 0.1) is 6.04 Å². The van der Waals surface area contributed by atoms with Crippen molar-refractivity contribution in [2.75, 3.05) is 26.0 Å². The Morgan fingerprint density at radius 2 is 1.92 bits per heavy atom. The average Bonchev–Trinajstić information content (AvgIpc) is 3.59. The molecule has 0 radical (unpaired) electrons. The number of aromatic nitrogens is 3. The molecule has 5 heterocycles. The molecular weight excluding hydrogens is 456 g/mol. The molecule has 0 spiro atoms. The van der Waals surface area contributed by atoms with Gasteiger partial charge in [-0.05, 0) is 44.6 Å². The van der Waals surface area contributed by atoms with Crippen LogP contribution in [0.15, 0.2) is 17.3 Å². The first-order valence-electron chi connectivity index (χ1n) is 13.4. The van der Waals surface area contributed by atoms with Gasteiger partial charge in [0, 0.05) is 63.0 Å². The van der Waals surface area contributed by atoms with Gasteiger partial charge < -0.3 is 25.0 Å². The van der Waals surface area contributed by atoms with E-state index in [9.17, 15) is 9.59 Å². The number of nitrogens with zero attached hydrogens (tertiary/aromatic N) is 6. The minimum absolute atomic E-state index is 0.0104. The second kappa shape index (κ2) is 9.46. The molecule has 2 aromatic rings. The Bertz CT molecular complexity index is 1180. The predicted molar refractivity (Wildman–Crippen MR) is 138 cm³/mol. The summed E-state index contributed by atoms with van der Waals surface area (Å²) in [6.07, 6.45) is 12.6. The lowest BCUT2D eigenvalue weighted by Crippen LogP contribution is -2.47. The molecule has 6 rings (SSSR count). The van der Waals surface area contributed by atoms with E-state index < -0.39 is 0 Å². The Morgan fingerprint density at radius 3 is 2.67 bits per heavy atom. The highest BCUT2D eigenvalue weighted by Crippen LogP contribution is 2.35. The highest BCUT2D eigenvalue weighted by atomic mass is 16.2. The van der Waals surface area contributed by atoms with Gasteiger partial charge >= 0.3 is 0 Å². The summed E-state index contributed by atoms with van der Waals surface area (Å²) in [5.41, 5.74) is 1.48. The maximum absolute atomic E-state index is 12.9. The maximum Gasteiger partial charge on any atom is 0.270 e. The number of amides is 2. The van der Waals surface area contributed by atoms with Gasteiger partial charge in [-0.3, -0.25) is 14.6 Å². The third-order valence-corrected chi connectivity index (χ3v) is 8.25. The van der Waals surface area contributed by atoms with Crippen molar-refractivity contribution in [1.82, 2.24) is 29.7 Å². The summed E-state index contributed by atoms with van der Waals surface area (Å²) in [5.74, 6) is 0.752. The van der Waals surface area contributed by atoms with E-state index in [-0.39, 0.29) is 30.1 Å². The molecule has 4 aliphatic rings. The molecule has 4 atom stereocenters. The summed E-state index contributed by atoms with van der Waals surface area (Å²) in [6, 6.07) is 3.01. The Morgan fingerprint density at radius 1 is 1.11 bits per heavy atom. The van der Waals surface area contributed by atoms with Crippen LogP contribution < -0.4 is 10.6 Å². The first-order chi connectivity index (χ1) is 17.5. The van der Waals surface area contributed by atoms with Crippen LogP contribution in [0.3, 0.4) is 0 Å². The molecule has 36 heavy (non-hydrogen) atoms. The van der Waals surface area contributed by atoms with E-state index >= 15 is 0 Å². The van der Waals surface area contributed by atoms with E-state index in [4.69, 9.17) is 9.98 Å². The number of carbonyl (C=O) groups excluding carboxylic acids is 2. The fourth-order valence-electron chi connectivity index (χ4n) is 6.37. The number of hydrogen-bond acceptors (Lipinski definition) is 7. The van der Waals surface area contributed by atoms with Crippen molar-refractivity contribution < 1.29 is 9.59 Å². The van der Waals surface area contributed by atoms with Crippen molar-refractivity contribution in [3.63, 3.8) is 0 Å². The molecule has 1 saturated carbocycles. The zero-order valence-corrected chi connectivity index (χ0v) is 21.2. The fourth-order valence-corrected chi connectivity index (χ4v) is 6.37. The van der Waals surface area contributed by atoms with Gasteiger partial charge in [0.15, 0.2) is 0 Å². The molecule has 2 amide bonds. The standard InChI is InChI=1S/C26H36N8O2/c1-32(2)25(36)21-11-16-13-28-26(31-24(16)34(21)19-5-3-4-6-19)30-22-10-9-20(14-27-22)33-15-18-8-7-17(29-18)12-23(33)35/h11,13-14,17-20,22,29H,3-10,12,15H2,1-2H3,(H,28,30,31). The second-order valence-electron chi connectivity index (χ2n) is 11.0. The van der Waals surface area contributed by atoms with Crippen LogP contribution in [-0.2, 0) is 4.79 Å². The topological polar surface area (TPSA) is 108 Å². The van der Waals surface area contributed by atoms with Crippen LogP contribution in [-0.4, -0.2) is 87.3 Å². The molecule has 192 valence electrons. The lowest BCUT2D eigenvalue weighted by molar-refractivity contribution is -0.132. The number of anilines is 1. The van der Waals surface area contributed by atoms with Crippen molar-refractivity contribution >= 4 is 35.0 Å². The van der Waals surface area contributed by atoms with E-state index in [0.29, 0.717) is 30.1 Å². The van der Waals surface area contributed by atoms with Gasteiger partial charge in [0.1, 0.15) is 17.5 Å². The van der Waals surface area contributed by atoms with Crippen molar-refractivity contribution in [2.45, 2.75) is 88.1 Å². The minimum Gasteiger partial charge on any atom is -0.343 e. The number of hydrogen-bond donors (Lipinski definition) is 2. The normalized spacial score (nSPS) is 28.6. The van der Waals surface area contributed by atoms with E-state index in [0.717, 1.165) is 56.1 Å². The molecule has 3 fully saturated rings. The first kappa shape index (κ1) is 23.4. The summed E-state index contributed by atoms with van der Waals surface area (Å²) in [6.45, 7) is 0.774. The second-order valence-corrected chi connectivity index (χ2v) is 11.0. The minimum atomic E-state index is -0.131. The highest BCUT2D eigenvalue weighted by molar-refractivity contribution is 5.97. The monoisotopic (exact) mass is 492 g/mol. The number of fused-ring (bicyclic) bond motifs is 3. The van der Waals surface area contributed by atoms with Crippen LogP contribution in [0.5, 0.6) is 0 Å². The zero-order valence-electron chi connectivity index (χ0n) is 21.2. The van der Waals surface area contributed by atoms with E-state index in [1.54, 1.807) is 25.2 Å². The SMILES string of the molecule is CN(C)C(=O)c1cc2cnc(NC3CCC(N4CC5CCC(CC4=O)N5)C=N3)nc2n1C1CCCC1. The Kier molecular flexibility index (Phi) is 6.15. The van der Waals surface area contributed by atoms with Crippen LogP contribution in [0, 0.1) is 0 Å². The van der Waals surface area contributed by atoms with Crippen LogP contribution in [0.1, 0.15) is 74.3 Å². The van der Waals surface area contributed by atoms with Gasteiger partial charge in [0.25, 0.3) is 5.91 Å². The Hall–Kier alpha value is -3.01. The van der Waals surface area contributed by atoms with Crippen molar-refractivity contribution in [2.24, 2.45) is 4.99 Å². The number of carbonyl (C=O) groups is 2. The quantitative estimate of drug-likeness (QED) is 0.664. The predicted octanol–water partition coefficient (Wildman–Crippen LogP) is 2.57. The third kappa shape index (κ3) is 4.36. The van der Waals surface area contributed by atoms with Crippen LogP contribution in [0.2, 0.25) is 0 Å². The van der Waals surface area contributed by atoms with Gasteiger partial charge in [-0.1, -0.05) is 12.8 Å². The average molecular weight is 493 g/mol. The molecule has 10 nitrogen and oxygen atoms in total. The largest absolute Gasteiger partial charge is 0.343 e. The molecule has 4 unspecified atom stereocenters. The first-order valence-corrected chi connectivity index (χ1v) is 13.4. The summed E-state index contributed by atoms with van der Waals surface area (Å²) in [5, 5.41) is 7.85. The zero-order chi connectivity index (χ0) is 24.8. The fraction of sp³-hybridized carbons (Fsp3) is 0.654. The molecule has 2 N–H and O–H groups in total. The molecule has 2 saturated heterocycles. The van der Waals surface area contributed by atoms with Gasteiger partial charge in [-0.2, -0.15) is 4.98 Å². The van der Waals surface area contributed by atoms with Gasteiger partial charge in [-0.25, -0.2) is 4.98 Å². The number of nitrogens with one attached hydrogen (secondary N) is 2. The molecule has 10 heteroatoms. The maximum atomic E-state index is 12.9. The number of rotatable bonds is 5. The van der Waals surface area contributed by atoms with Gasteiger partial charge in [0.2, 0.25) is 11.9 Å².